The third-order valence-electron chi connectivity index (χ3n) is 2.46. The van der Waals surface area contributed by atoms with Gasteiger partial charge in [-0.3, -0.25) is 0 Å². The highest BCUT2D eigenvalue weighted by molar-refractivity contribution is 6.33. The lowest BCUT2D eigenvalue weighted by atomic mass is 10.3. The first-order valence-corrected chi connectivity index (χ1v) is 6.41. The molecule has 0 atom stereocenters. The van der Waals surface area contributed by atoms with Crippen molar-refractivity contribution in [3.8, 4) is 0 Å². The smallest absolute Gasteiger partial charge is 0.320 e. The SMILES string of the molecule is COCCNCc1nnc(Nc2c(F)cc(F)cc2Cl)o1. The second kappa shape index (κ2) is 7.30. The normalized spacial score (nSPS) is 10.9. The van der Waals surface area contributed by atoms with Crippen LogP contribution in [0.15, 0.2) is 16.5 Å². The summed E-state index contributed by atoms with van der Waals surface area (Å²) in [5.41, 5.74) is -0.124. The Labute approximate surface area is 124 Å². The minimum absolute atomic E-state index is 0.0362. The molecule has 114 valence electrons. The van der Waals surface area contributed by atoms with Crippen LogP contribution in [0.5, 0.6) is 0 Å². The van der Waals surface area contributed by atoms with Crippen LogP contribution < -0.4 is 10.6 Å². The number of nitrogens with zero attached hydrogens (tertiary/aromatic N) is 2. The number of aromatic nitrogens is 2. The molecule has 21 heavy (non-hydrogen) atoms. The molecule has 0 saturated carbocycles. The van der Waals surface area contributed by atoms with E-state index >= 15 is 0 Å². The molecule has 0 aliphatic rings. The van der Waals surface area contributed by atoms with Crippen LogP contribution in [0.3, 0.4) is 0 Å². The highest BCUT2D eigenvalue weighted by Gasteiger charge is 2.13. The molecule has 9 heteroatoms. The van der Waals surface area contributed by atoms with Gasteiger partial charge in [0, 0.05) is 19.7 Å². The van der Waals surface area contributed by atoms with Gasteiger partial charge < -0.3 is 19.8 Å². The molecule has 1 aromatic carbocycles. The molecule has 2 rings (SSSR count). The van der Waals surface area contributed by atoms with Crippen LogP contribution in [-0.2, 0) is 11.3 Å². The lowest BCUT2D eigenvalue weighted by Gasteiger charge is -2.05. The van der Waals surface area contributed by atoms with Crippen molar-refractivity contribution < 1.29 is 17.9 Å². The molecule has 1 heterocycles. The van der Waals surface area contributed by atoms with E-state index < -0.39 is 11.6 Å². The van der Waals surface area contributed by atoms with E-state index in [1.807, 2.05) is 0 Å². The van der Waals surface area contributed by atoms with Crippen molar-refractivity contribution in [3.05, 3.63) is 34.7 Å². The fourth-order valence-corrected chi connectivity index (χ4v) is 1.76. The van der Waals surface area contributed by atoms with E-state index in [-0.39, 0.29) is 16.7 Å². The molecule has 0 fully saturated rings. The standard InChI is InChI=1S/C12H13ClF2N4O2/c1-20-3-2-16-6-10-18-19-12(21-10)17-11-8(13)4-7(14)5-9(11)15/h4-5,16H,2-3,6H2,1H3,(H,17,19). The van der Waals surface area contributed by atoms with Gasteiger partial charge in [0.05, 0.1) is 23.9 Å². The van der Waals surface area contributed by atoms with Gasteiger partial charge in [-0.1, -0.05) is 16.7 Å². The molecule has 0 spiro atoms. The Balaban J connectivity index is 1.99. The quantitative estimate of drug-likeness (QED) is 0.764. The van der Waals surface area contributed by atoms with Crippen molar-refractivity contribution >= 4 is 23.3 Å². The second-order valence-corrected chi connectivity index (χ2v) is 4.45. The number of halogens is 3. The summed E-state index contributed by atoms with van der Waals surface area (Å²) in [6, 6.07) is 1.65. The molecule has 0 radical (unpaired) electrons. The first kappa shape index (κ1) is 15.6. The summed E-state index contributed by atoms with van der Waals surface area (Å²) in [4.78, 5) is 0. The van der Waals surface area contributed by atoms with Crippen LogP contribution in [-0.4, -0.2) is 30.5 Å². The van der Waals surface area contributed by atoms with E-state index in [0.717, 1.165) is 6.07 Å². The fraction of sp³-hybridized carbons (Fsp3) is 0.333. The zero-order chi connectivity index (χ0) is 15.2. The van der Waals surface area contributed by atoms with Gasteiger partial charge in [0.1, 0.15) is 5.82 Å². The van der Waals surface area contributed by atoms with Gasteiger partial charge in [-0.15, -0.1) is 5.10 Å². The van der Waals surface area contributed by atoms with Crippen LogP contribution in [0.25, 0.3) is 0 Å². The van der Waals surface area contributed by atoms with E-state index in [1.165, 1.54) is 0 Å². The van der Waals surface area contributed by atoms with E-state index in [2.05, 4.69) is 20.8 Å². The Morgan fingerprint density at radius 3 is 2.86 bits per heavy atom. The number of anilines is 2. The molecule has 0 aliphatic heterocycles. The van der Waals surface area contributed by atoms with Crippen molar-refractivity contribution in [3.63, 3.8) is 0 Å². The summed E-state index contributed by atoms with van der Waals surface area (Å²) in [5, 5.41) is 12.9. The number of hydrogen-bond donors (Lipinski definition) is 2. The van der Waals surface area contributed by atoms with Crippen molar-refractivity contribution in [2.24, 2.45) is 0 Å². The van der Waals surface area contributed by atoms with Crippen LogP contribution in [0, 0.1) is 11.6 Å². The average molecular weight is 319 g/mol. The fourth-order valence-electron chi connectivity index (χ4n) is 1.51. The van der Waals surface area contributed by atoms with Gasteiger partial charge in [-0.2, -0.15) is 0 Å². The number of ether oxygens (including phenoxy) is 1. The van der Waals surface area contributed by atoms with Gasteiger partial charge in [-0.05, 0) is 6.07 Å². The van der Waals surface area contributed by atoms with Crippen LogP contribution in [0.1, 0.15) is 5.89 Å². The largest absolute Gasteiger partial charge is 0.406 e. The van der Waals surface area contributed by atoms with E-state index in [9.17, 15) is 8.78 Å². The molecule has 0 aliphatic carbocycles. The maximum absolute atomic E-state index is 13.6. The Bertz CT molecular complexity index is 586. The minimum Gasteiger partial charge on any atom is -0.406 e. The van der Waals surface area contributed by atoms with Gasteiger partial charge in [0.25, 0.3) is 0 Å². The lowest BCUT2D eigenvalue weighted by molar-refractivity contribution is 0.198. The highest BCUT2D eigenvalue weighted by atomic mass is 35.5. The van der Waals surface area contributed by atoms with E-state index in [1.54, 1.807) is 7.11 Å². The molecule has 0 amide bonds. The Kier molecular flexibility index (Phi) is 5.43. The monoisotopic (exact) mass is 318 g/mol. The summed E-state index contributed by atoms with van der Waals surface area (Å²) in [6.45, 7) is 1.52. The first-order valence-electron chi connectivity index (χ1n) is 6.03. The van der Waals surface area contributed by atoms with Crippen molar-refractivity contribution in [2.75, 3.05) is 25.6 Å². The molecular formula is C12H13ClF2N4O2. The van der Waals surface area contributed by atoms with Crippen LogP contribution in [0.4, 0.5) is 20.5 Å². The summed E-state index contributed by atoms with van der Waals surface area (Å²) >= 11 is 5.75. The third kappa shape index (κ3) is 4.35. The van der Waals surface area contributed by atoms with Gasteiger partial charge >= 0.3 is 6.01 Å². The summed E-state index contributed by atoms with van der Waals surface area (Å²) in [7, 11) is 1.59. The number of nitrogens with one attached hydrogen (secondary N) is 2. The second-order valence-electron chi connectivity index (χ2n) is 4.04. The molecular weight excluding hydrogens is 306 g/mol. The van der Waals surface area contributed by atoms with Crippen LogP contribution >= 0.6 is 11.6 Å². The zero-order valence-electron chi connectivity index (χ0n) is 11.1. The highest BCUT2D eigenvalue weighted by Crippen LogP contribution is 2.28. The molecule has 0 unspecified atom stereocenters. The van der Waals surface area contributed by atoms with Crippen LogP contribution in [0.2, 0.25) is 5.02 Å². The summed E-state index contributed by atoms with van der Waals surface area (Å²) in [5.74, 6) is -1.30. The first-order chi connectivity index (χ1) is 10.1. The van der Waals surface area contributed by atoms with Gasteiger partial charge in [0.15, 0.2) is 5.82 Å². The molecule has 2 N–H and O–H groups in total. The Hall–Kier alpha value is -1.77. The predicted octanol–water partition coefficient (Wildman–Crippen LogP) is 2.48. The number of benzene rings is 1. The molecule has 0 saturated heterocycles. The Morgan fingerprint density at radius 2 is 2.14 bits per heavy atom. The number of methoxy groups -OCH3 is 1. The molecule has 6 nitrogen and oxygen atoms in total. The molecule has 1 aromatic heterocycles. The lowest BCUT2D eigenvalue weighted by Crippen LogP contribution is -2.18. The molecule has 2 aromatic rings. The van der Waals surface area contributed by atoms with Gasteiger partial charge in [-0.25, -0.2) is 8.78 Å². The minimum atomic E-state index is -0.849. The topological polar surface area (TPSA) is 72.2 Å². The van der Waals surface area contributed by atoms with Gasteiger partial charge in [0.2, 0.25) is 5.89 Å². The van der Waals surface area contributed by atoms with Crippen molar-refractivity contribution in [1.82, 2.24) is 15.5 Å². The summed E-state index contributed by atoms with van der Waals surface area (Å²) < 4.78 is 36.6. The van der Waals surface area contributed by atoms with Crippen molar-refractivity contribution in [1.29, 1.82) is 0 Å². The number of hydrogen-bond acceptors (Lipinski definition) is 6. The zero-order valence-corrected chi connectivity index (χ0v) is 11.9. The van der Waals surface area contributed by atoms with E-state index in [0.29, 0.717) is 31.7 Å². The maximum Gasteiger partial charge on any atom is 0.320 e. The average Bonchev–Trinajstić information content (AvgIpc) is 2.87. The van der Waals surface area contributed by atoms with Crippen molar-refractivity contribution in [2.45, 2.75) is 6.54 Å². The predicted molar refractivity (Wildman–Crippen MR) is 72.5 cm³/mol. The summed E-state index contributed by atoms with van der Waals surface area (Å²) in [6.07, 6.45) is 0. The maximum atomic E-state index is 13.6. The third-order valence-corrected chi connectivity index (χ3v) is 2.76. The van der Waals surface area contributed by atoms with E-state index in [4.69, 9.17) is 20.8 Å². The molecule has 0 bridgehead atoms. The Morgan fingerprint density at radius 1 is 1.33 bits per heavy atom. The number of rotatable bonds is 7.